The number of aromatic nitrogens is 2. The molecule has 4 aromatic rings. The van der Waals surface area contributed by atoms with Crippen LogP contribution in [0, 0.1) is 0 Å². The average molecular weight is 482 g/mol. The Morgan fingerprint density at radius 1 is 1.09 bits per heavy atom. The second-order valence-electron chi connectivity index (χ2n) is 6.72. The number of nitrogens with one attached hydrogen (secondary N) is 1. The van der Waals surface area contributed by atoms with E-state index in [4.69, 9.17) is 9.47 Å². The summed E-state index contributed by atoms with van der Waals surface area (Å²) >= 11 is 2.42. The maximum Gasteiger partial charge on any atom is 0.339 e. The molecule has 0 saturated heterocycles. The van der Waals surface area contributed by atoms with Crippen LogP contribution in [0.5, 0.6) is 5.75 Å². The lowest BCUT2D eigenvalue weighted by Crippen LogP contribution is -2.23. The van der Waals surface area contributed by atoms with Gasteiger partial charge in [0.25, 0.3) is 5.56 Å². The van der Waals surface area contributed by atoms with Crippen LogP contribution in [-0.4, -0.2) is 41.4 Å². The lowest BCUT2D eigenvalue weighted by atomic mass is 10.2. The third kappa shape index (κ3) is 4.62. The molecule has 33 heavy (non-hydrogen) atoms. The summed E-state index contributed by atoms with van der Waals surface area (Å²) in [5, 5.41) is 4.88. The Bertz CT molecular complexity index is 1400. The first-order valence-electron chi connectivity index (χ1n) is 9.77. The van der Waals surface area contributed by atoms with Gasteiger partial charge in [-0.3, -0.25) is 14.2 Å². The Kier molecular flexibility index (Phi) is 6.76. The molecule has 0 aliphatic carbocycles. The van der Waals surface area contributed by atoms with Gasteiger partial charge < -0.3 is 14.8 Å². The predicted octanol–water partition coefficient (Wildman–Crippen LogP) is 3.97. The molecular formula is C23H19N3O5S2. The zero-order chi connectivity index (χ0) is 23.4. The number of anilines is 1. The molecule has 0 atom stereocenters. The SMILES string of the molecule is COC(=O)c1ccccc1NC(=O)CSc1nc2ccsc2c(=O)n1-c1ccccc1OC. The number of para-hydroxylation sites is 3. The van der Waals surface area contributed by atoms with Crippen LogP contribution in [0.1, 0.15) is 10.4 Å². The van der Waals surface area contributed by atoms with Crippen molar-refractivity contribution < 1.29 is 19.1 Å². The molecule has 168 valence electrons. The summed E-state index contributed by atoms with van der Waals surface area (Å²) in [7, 11) is 2.81. The summed E-state index contributed by atoms with van der Waals surface area (Å²) in [5.41, 5.74) is 1.46. The van der Waals surface area contributed by atoms with Crippen molar-refractivity contribution in [1.82, 2.24) is 9.55 Å². The first kappa shape index (κ1) is 22.6. The van der Waals surface area contributed by atoms with Gasteiger partial charge in [0, 0.05) is 0 Å². The molecule has 0 aliphatic heterocycles. The van der Waals surface area contributed by atoms with Crippen molar-refractivity contribution in [2.75, 3.05) is 25.3 Å². The van der Waals surface area contributed by atoms with E-state index in [1.54, 1.807) is 53.9 Å². The Labute approximate surface area is 197 Å². The molecule has 4 rings (SSSR count). The molecule has 0 unspecified atom stereocenters. The summed E-state index contributed by atoms with van der Waals surface area (Å²) < 4.78 is 12.2. The van der Waals surface area contributed by atoms with Crippen LogP contribution in [0.2, 0.25) is 0 Å². The minimum atomic E-state index is -0.548. The third-order valence-corrected chi connectivity index (χ3v) is 6.54. The number of thioether (sulfide) groups is 1. The molecule has 2 aromatic carbocycles. The van der Waals surface area contributed by atoms with Crippen molar-refractivity contribution in [1.29, 1.82) is 0 Å². The molecule has 1 amide bonds. The molecule has 0 saturated carbocycles. The number of nitrogens with zero attached hydrogens (tertiary/aromatic N) is 2. The summed E-state index contributed by atoms with van der Waals surface area (Å²) in [4.78, 5) is 42.5. The maximum absolute atomic E-state index is 13.3. The highest BCUT2D eigenvalue weighted by Gasteiger charge is 2.19. The largest absolute Gasteiger partial charge is 0.495 e. The number of carbonyl (C=O) groups excluding carboxylic acids is 2. The number of carbonyl (C=O) groups is 2. The Balaban J connectivity index is 1.65. The highest BCUT2D eigenvalue weighted by Crippen LogP contribution is 2.28. The van der Waals surface area contributed by atoms with Gasteiger partial charge in [-0.25, -0.2) is 9.78 Å². The summed E-state index contributed by atoms with van der Waals surface area (Å²) in [6.07, 6.45) is 0. The number of ether oxygens (including phenoxy) is 2. The van der Waals surface area contributed by atoms with Gasteiger partial charge >= 0.3 is 5.97 Å². The van der Waals surface area contributed by atoms with Gasteiger partial charge in [0.2, 0.25) is 5.91 Å². The number of thiophene rings is 1. The standard InChI is InChI=1S/C23H19N3O5S2/c1-30-18-10-6-5-9-17(18)26-21(28)20-16(11-12-32-20)25-23(26)33-13-19(27)24-15-8-4-3-7-14(15)22(29)31-2/h3-12H,13H2,1-2H3,(H,24,27). The number of hydrogen-bond acceptors (Lipinski definition) is 8. The molecule has 0 spiro atoms. The summed E-state index contributed by atoms with van der Waals surface area (Å²) in [5.74, 6) is -0.432. The smallest absolute Gasteiger partial charge is 0.339 e. The van der Waals surface area contributed by atoms with E-state index in [2.05, 4.69) is 10.3 Å². The molecular weight excluding hydrogens is 462 g/mol. The maximum atomic E-state index is 13.3. The highest BCUT2D eigenvalue weighted by molar-refractivity contribution is 7.99. The van der Waals surface area contributed by atoms with Crippen molar-refractivity contribution in [2.45, 2.75) is 5.16 Å². The van der Waals surface area contributed by atoms with Gasteiger partial charge in [0.15, 0.2) is 5.16 Å². The fraction of sp³-hybridized carbons (Fsp3) is 0.130. The van der Waals surface area contributed by atoms with Crippen LogP contribution in [0.15, 0.2) is 69.9 Å². The number of esters is 1. The monoisotopic (exact) mass is 481 g/mol. The number of fused-ring (bicyclic) bond motifs is 1. The Morgan fingerprint density at radius 2 is 1.85 bits per heavy atom. The molecule has 10 heteroatoms. The van der Waals surface area contributed by atoms with Gasteiger partial charge in [-0.1, -0.05) is 36.0 Å². The van der Waals surface area contributed by atoms with Gasteiger partial charge in [-0.2, -0.15) is 0 Å². The quantitative estimate of drug-likeness (QED) is 0.242. The van der Waals surface area contributed by atoms with Gasteiger partial charge in [-0.15, -0.1) is 11.3 Å². The zero-order valence-electron chi connectivity index (χ0n) is 17.7. The molecule has 2 heterocycles. The highest BCUT2D eigenvalue weighted by atomic mass is 32.2. The number of benzene rings is 2. The van der Waals surface area contributed by atoms with E-state index in [1.807, 2.05) is 6.07 Å². The van der Waals surface area contributed by atoms with Crippen molar-refractivity contribution in [3.63, 3.8) is 0 Å². The van der Waals surface area contributed by atoms with Gasteiger partial charge in [0.1, 0.15) is 10.4 Å². The summed E-state index contributed by atoms with van der Waals surface area (Å²) in [6.45, 7) is 0. The first-order valence-corrected chi connectivity index (χ1v) is 11.6. The van der Waals surface area contributed by atoms with Crippen LogP contribution in [0.25, 0.3) is 15.9 Å². The normalized spacial score (nSPS) is 10.7. The van der Waals surface area contributed by atoms with Crippen LogP contribution in [0.3, 0.4) is 0 Å². The van der Waals surface area contributed by atoms with E-state index in [0.29, 0.717) is 32.5 Å². The minimum Gasteiger partial charge on any atom is -0.495 e. The van der Waals surface area contributed by atoms with Crippen LogP contribution >= 0.6 is 23.1 Å². The molecule has 0 aliphatic rings. The molecule has 0 fully saturated rings. The average Bonchev–Trinajstić information content (AvgIpc) is 3.32. The van der Waals surface area contributed by atoms with Crippen molar-refractivity contribution >= 4 is 50.9 Å². The summed E-state index contributed by atoms with van der Waals surface area (Å²) in [6, 6.07) is 15.5. The number of hydrogen-bond donors (Lipinski definition) is 1. The van der Waals surface area contributed by atoms with Crippen molar-refractivity contribution in [2.24, 2.45) is 0 Å². The molecule has 1 N–H and O–H groups in total. The molecule has 0 radical (unpaired) electrons. The van der Waals surface area contributed by atoms with Crippen LogP contribution < -0.4 is 15.6 Å². The lowest BCUT2D eigenvalue weighted by Gasteiger charge is -2.15. The zero-order valence-corrected chi connectivity index (χ0v) is 19.4. The van der Waals surface area contributed by atoms with E-state index in [-0.39, 0.29) is 22.8 Å². The number of methoxy groups -OCH3 is 2. The van der Waals surface area contributed by atoms with E-state index >= 15 is 0 Å². The second-order valence-corrected chi connectivity index (χ2v) is 8.57. The van der Waals surface area contributed by atoms with Crippen molar-refractivity contribution in [3.8, 4) is 11.4 Å². The molecule has 0 bridgehead atoms. The van der Waals surface area contributed by atoms with E-state index in [0.717, 1.165) is 11.8 Å². The van der Waals surface area contributed by atoms with E-state index in [9.17, 15) is 14.4 Å². The lowest BCUT2D eigenvalue weighted by molar-refractivity contribution is -0.113. The third-order valence-electron chi connectivity index (χ3n) is 4.71. The molecule has 2 aromatic heterocycles. The molecule has 8 nitrogen and oxygen atoms in total. The number of amides is 1. The van der Waals surface area contributed by atoms with Crippen LogP contribution in [-0.2, 0) is 9.53 Å². The minimum absolute atomic E-state index is 0.0350. The van der Waals surface area contributed by atoms with Crippen LogP contribution in [0.4, 0.5) is 5.69 Å². The van der Waals surface area contributed by atoms with Gasteiger partial charge in [0.05, 0.1) is 42.4 Å². The van der Waals surface area contributed by atoms with E-state index in [1.165, 1.54) is 30.1 Å². The topological polar surface area (TPSA) is 99.5 Å². The first-order chi connectivity index (χ1) is 16.0. The van der Waals surface area contributed by atoms with Crippen molar-refractivity contribution in [3.05, 3.63) is 75.9 Å². The fourth-order valence-corrected chi connectivity index (χ4v) is 4.78. The Hall–Kier alpha value is -3.63. The fourth-order valence-electron chi connectivity index (χ4n) is 3.21. The van der Waals surface area contributed by atoms with Gasteiger partial charge in [-0.05, 0) is 35.7 Å². The second kappa shape index (κ2) is 9.88. The Morgan fingerprint density at radius 3 is 2.64 bits per heavy atom. The predicted molar refractivity (Wildman–Crippen MR) is 129 cm³/mol. The number of rotatable bonds is 7. The van der Waals surface area contributed by atoms with E-state index < -0.39 is 5.97 Å².